The van der Waals surface area contributed by atoms with Crippen LogP contribution in [0, 0.1) is 5.92 Å². The molecule has 2 aliphatic rings. The highest BCUT2D eigenvalue weighted by molar-refractivity contribution is 4.77. The van der Waals surface area contributed by atoms with Crippen LogP contribution in [0.3, 0.4) is 0 Å². The quantitative estimate of drug-likeness (QED) is 0.790. The average molecular weight is 224 g/mol. The first-order valence-corrected chi connectivity index (χ1v) is 7.27. The van der Waals surface area contributed by atoms with E-state index in [9.17, 15) is 0 Å². The van der Waals surface area contributed by atoms with Gasteiger partial charge in [0.2, 0.25) is 0 Å². The van der Waals surface area contributed by atoms with Crippen LogP contribution in [0.4, 0.5) is 0 Å². The Morgan fingerprint density at radius 1 is 1.06 bits per heavy atom. The maximum absolute atomic E-state index is 3.51. The van der Waals surface area contributed by atoms with Crippen molar-refractivity contribution in [3.8, 4) is 0 Å². The molecule has 2 fully saturated rings. The lowest BCUT2D eigenvalue weighted by molar-refractivity contribution is 0.182. The van der Waals surface area contributed by atoms with E-state index < -0.39 is 0 Å². The van der Waals surface area contributed by atoms with Gasteiger partial charge in [0.15, 0.2) is 0 Å². The maximum atomic E-state index is 3.51. The minimum Gasteiger partial charge on any atom is -0.315 e. The van der Waals surface area contributed by atoms with Crippen LogP contribution in [0.25, 0.3) is 0 Å². The van der Waals surface area contributed by atoms with Crippen molar-refractivity contribution in [2.75, 3.05) is 26.7 Å². The molecule has 0 bridgehead atoms. The smallest absolute Gasteiger partial charge is 0.0218 e. The first-order valence-electron chi connectivity index (χ1n) is 7.27. The Kier molecular flexibility index (Phi) is 5.11. The van der Waals surface area contributed by atoms with E-state index in [4.69, 9.17) is 0 Å². The van der Waals surface area contributed by atoms with Gasteiger partial charge in [-0.2, -0.15) is 0 Å². The van der Waals surface area contributed by atoms with Crippen LogP contribution in [0.2, 0.25) is 0 Å². The monoisotopic (exact) mass is 224 g/mol. The lowest BCUT2D eigenvalue weighted by Gasteiger charge is -2.33. The Bertz CT molecular complexity index is 181. The van der Waals surface area contributed by atoms with E-state index in [2.05, 4.69) is 17.3 Å². The van der Waals surface area contributed by atoms with E-state index in [-0.39, 0.29) is 0 Å². The lowest BCUT2D eigenvalue weighted by Crippen LogP contribution is -2.44. The summed E-state index contributed by atoms with van der Waals surface area (Å²) >= 11 is 0. The normalized spacial score (nSPS) is 28.5. The van der Waals surface area contributed by atoms with E-state index in [1.54, 1.807) is 0 Å². The highest BCUT2D eigenvalue weighted by Gasteiger charge is 2.19. The summed E-state index contributed by atoms with van der Waals surface area (Å²) in [5.41, 5.74) is 0. The summed E-state index contributed by atoms with van der Waals surface area (Å²) < 4.78 is 0. The Morgan fingerprint density at radius 3 is 2.56 bits per heavy atom. The van der Waals surface area contributed by atoms with Crippen LogP contribution in [-0.2, 0) is 0 Å². The van der Waals surface area contributed by atoms with Crippen molar-refractivity contribution >= 4 is 0 Å². The van der Waals surface area contributed by atoms with Crippen LogP contribution in [0.15, 0.2) is 0 Å². The third-order valence-corrected chi connectivity index (χ3v) is 4.51. The van der Waals surface area contributed by atoms with Gasteiger partial charge in [0.25, 0.3) is 0 Å². The second-order valence-electron chi connectivity index (χ2n) is 5.77. The second kappa shape index (κ2) is 6.61. The largest absolute Gasteiger partial charge is 0.315 e. The maximum Gasteiger partial charge on any atom is 0.0218 e. The molecule has 2 heteroatoms. The molecule has 2 nitrogen and oxygen atoms in total. The molecular formula is C14H28N2. The molecule has 94 valence electrons. The van der Waals surface area contributed by atoms with Crippen molar-refractivity contribution in [3.63, 3.8) is 0 Å². The third-order valence-electron chi connectivity index (χ3n) is 4.51. The van der Waals surface area contributed by atoms with Crippen molar-refractivity contribution in [2.45, 2.75) is 57.4 Å². The molecule has 1 aliphatic heterocycles. The van der Waals surface area contributed by atoms with Crippen LogP contribution in [0.1, 0.15) is 51.4 Å². The number of likely N-dealkylation sites (N-methyl/N-ethyl adjacent to an activating group) is 1. The molecule has 1 N–H and O–H groups in total. The van der Waals surface area contributed by atoms with Gasteiger partial charge in [0.1, 0.15) is 0 Å². The summed E-state index contributed by atoms with van der Waals surface area (Å²) in [5, 5.41) is 3.51. The first-order chi connectivity index (χ1) is 7.86. The van der Waals surface area contributed by atoms with Gasteiger partial charge in [-0.05, 0) is 45.3 Å². The fourth-order valence-electron chi connectivity index (χ4n) is 3.25. The number of nitrogens with zero attached hydrogens (tertiary/aromatic N) is 1. The van der Waals surface area contributed by atoms with Gasteiger partial charge in [0.05, 0.1) is 0 Å². The Morgan fingerprint density at radius 2 is 1.88 bits per heavy atom. The fourth-order valence-corrected chi connectivity index (χ4v) is 3.25. The highest BCUT2D eigenvalue weighted by atomic mass is 15.2. The van der Waals surface area contributed by atoms with Gasteiger partial charge in [-0.25, -0.2) is 0 Å². The molecule has 16 heavy (non-hydrogen) atoms. The number of hydrogen-bond donors (Lipinski definition) is 1. The number of nitrogens with one attached hydrogen (secondary N) is 1. The van der Waals surface area contributed by atoms with Gasteiger partial charge < -0.3 is 10.2 Å². The number of rotatable bonds is 4. The summed E-state index contributed by atoms with van der Waals surface area (Å²) in [7, 11) is 2.32. The van der Waals surface area contributed by atoms with E-state index >= 15 is 0 Å². The zero-order valence-electron chi connectivity index (χ0n) is 10.9. The Balaban J connectivity index is 1.63. The van der Waals surface area contributed by atoms with E-state index in [0.717, 1.165) is 12.0 Å². The minimum atomic E-state index is 0.803. The van der Waals surface area contributed by atoms with E-state index in [1.807, 2.05) is 0 Å². The van der Waals surface area contributed by atoms with E-state index in [0.29, 0.717) is 0 Å². The summed E-state index contributed by atoms with van der Waals surface area (Å²) in [6.07, 6.45) is 11.6. The summed E-state index contributed by atoms with van der Waals surface area (Å²) in [4.78, 5) is 2.60. The highest BCUT2D eigenvalue weighted by Crippen LogP contribution is 2.26. The van der Waals surface area contributed by atoms with Gasteiger partial charge in [-0.1, -0.05) is 32.1 Å². The molecule has 1 unspecified atom stereocenters. The standard InChI is InChI=1S/C14H28N2/c1-16(14-8-5-10-15-12-14)11-9-13-6-3-2-4-7-13/h13-15H,2-12H2,1H3. The second-order valence-corrected chi connectivity index (χ2v) is 5.77. The molecule has 0 aromatic rings. The average Bonchev–Trinajstić information content (AvgIpc) is 2.38. The van der Waals surface area contributed by atoms with Gasteiger partial charge in [-0.15, -0.1) is 0 Å². The summed E-state index contributed by atoms with van der Waals surface area (Å²) in [5.74, 6) is 1.03. The molecule has 1 aliphatic carbocycles. The van der Waals surface area contributed by atoms with Crippen molar-refractivity contribution in [1.29, 1.82) is 0 Å². The zero-order chi connectivity index (χ0) is 11.2. The summed E-state index contributed by atoms with van der Waals surface area (Å²) in [6, 6.07) is 0.803. The van der Waals surface area contributed by atoms with Gasteiger partial charge in [-0.3, -0.25) is 0 Å². The van der Waals surface area contributed by atoms with Crippen LogP contribution in [-0.4, -0.2) is 37.6 Å². The van der Waals surface area contributed by atoms with Gasteiger partial charge in [0, 0.05) is 12.6 Å². The molecule has 0 aromatic heterocycles. The van der Waals surface area contributed by atoms with Crippen LogP contribution >= 0.6 is 0 Å². The molecule has 1 saturated heterocycles. The van der Waals surface area contributed by atoms with Crippen LogP contribution in [0.5, 0.6) is 0 Å². The summed E-state index contributed by atoms with van der Waals surface area (Å²) in [6.45, 7) is 3.76. The molecule has 1 heterocycles. The molecular weight excluding hydrogens is 196 g/mol. The minimum absolute atomic E-state index is 0.803. The molecule has 0 radical (unpaired) electrons. The topological polar surface area (TPSA) is 15.3 Å². The fraction of sp³-hybridized carbons (Fsp3) is 1.00. The van der Waals surface area contributed by atoms with Gasteiger partial charge >= 0.3 is 0 Å². The van der Waals surface area contributed by atoms with Crippen molar-refractivity contribution in [3.05, 3.63) is 0 Å². The van der Waals surface area contributed by atoms with Crippen molar-refractivity contribution < 1.29 is 0 Å². The SMILES string of the molecule is CN(CCC1CCCCC1)C1CCCNC1. The van der Waals surface area contributed by atoms with Crippen LogP contribution < -0.4 is 5.32 Å². The molecule has 2 rings (SSSR count). The Labute approximate surface area is 101 Å². The third kappa shape index (κ3) is 3.74. The van der Waals surface area contributed by atoms with E-state index in [1.165, 1.54) is 71.0 Å². The molecule has 0 amide bonds. The predicted octanol–water partition coefficient (Wildman–Crippen LogP) is 2.64. The van der Waals surface area contributed by atoms with Crippen molar-refractivity contribution in [2.24, 2.45) is 5.92 Å². The molecule has 0 spiro atoms. The zero-order valence-corrected chi connectivity index (χ0v) is 10.9. The predicted molar refractivity (Wildman–Crippen MR) is 69.7 cm³/mol. The lowest BCUT2D eigenvalue weighted by atomic mass is 9.87. The first kappa shape index (κ1) is 12.4. The molecule has 1 saturated carbocycles. The molecule has 1 atom stereocenters. The van der Waals surface area contributed by atoms with Crippen molar-refractivity contribution in [1.82, 2.24) is 10.2 Å². The number of piperidine rings is 1. The molecule has 0 aromatic carbocycles. The Hall–Kier alpha value is -0.0800. The number of hydrogen-bond acceptors (Lipinski definition) is 2.